The number of carbonyl (C=O) groups excluding carboxylic acids is 1. The molecule has 1 aromatic rings. The van der Waals surface area contributed by atoms with Crippen LogP contribution in [-0.2, 0) is 4.79 Å². The Hall–Kier alpha value is -1.45. The molecule has 0 atom stereocenters. The summed E-state index contributed by atoms with van der Waals surface area (Å²) in [4.78, 5) is 19.1. The Labute approximate surface area is 83.8 Å². The Kier molecular flexibility index (Phi) is 4.04. The molecule has 1 N–H and O–H groups in total. The SMILES string of the molecule is CC(C)CCC(=O)Nc1cnccn1. The molecule has 76 valence electrons. The van der Waals surface area contributed by atoms with E-state index in [4.69, 9.17) is 0 Å². The molecule has 0 saturated carbocycles. The highest BCUT2D eigenvalue weighted by molar-refractivity contribution is 5.89. The fourth-order valence-electron chi connectivity index (χ4n) is 0.989. The number of anilines is 1. The van der Waals surface area contributed by atoms with Gasteiger partial charge in [0.2, 0.25) is 5.91 Å². The predicted octanol–water partition coefficient (Wildman–Crippen LogP) is 1.85. The van der Waals surface area contributed by atoms with E-state index in [0.29, 0.717) is 18.2 Å². The second-order valence-corrected chi connectivity index (χ2v) is 3.57. The van der Waals surface area contributed by atoms with Crippen molar-refractivity contribution in [3.63, 3.8) is 0 Å². The molecule has 0 fully saturated rings. The van der Waals surface area contributed by atoms with Crippen molar-refractivity contribution in [3.8, 4) is 0 Å². The van der Waals surface area contributed by atoms with Crippen LogP contribution in [0.4, 0.5) is 5.82 Å². The first-order chi connectivity index (χ1) is 6.68. The van der Waals surface area contributed by atoms with E-state index in [1.807, 2.05) is 0 Å². The van der Waals surface area contributed by atoms with E-state index in [1.165, 1.54) is 6.20 Å². The topological polar surface area (TPSA) is 54.9 Å². The van der Waals surface area contributed by atoms with Gasteiger partial charge in [-0.2, -0.15) is 0 Å². The highest BCUT2D eigenvalue weighted by Gasteiger charge is 2.04. The van der Waals surface area contributed by atoms with Crippen molar-refractivity contribution in [3.05, 3.63) is 18.6 Å². The monoisotopic (exact) mass is 193 g/mol. The number of hydrogen-bond acceptors (Lipinski definition) is 3. The molecule has 0 aliphatic rings. The minimum Gasteiger partial charge on any atom is -0.309 e. The lowest BCUT2D eigenvalue weighted by Gasteiger charge is -2.05. The molecule has 0 saturated heterocycles. The lowest BCUT2D eigenvalue weighted by atomic mass is 10.1. The van der Waals surface area contributed by atoms with Crippen LogP contribution in [0, 0.1) is 5.92 Å². The van der Waals surface area contributed by atoms with Gasteiger partial charge in [-0.15, -0.1) is 0 Å². The Morgan fingerprint density at radius 2 is 2.29 bits per heavy atom. The zero-order valence-electron chi connectivity index (χ0n) is 8.53. The van der Waals surface area contributed by atoms with E-state index in [2.05, 4.69) is 29.1 Å². The van der Waals surface area contributed by atoms with Crippen LogP contribution in [0.5, 0.6) is 0 Å². The number of amides is 1. The third-order valence-electron chi connectivity index (χ3n) is 1.78. The molecule has 0 aliphatic heterocycles. The van der Waals surface area contributed by atoms with Gasteiger partial charge in [-0.1, -0.05) is 13.8 Å². The first kappa shape index (κ1) is 10.6. The predicted molar refractivity (Wildman–Crippen MR) is 54.7 cm³/mol. The van der Waals surface area contributed by atoms with Crippen molar-refractivity contribution < 1.29 is 4.79 Å². The van der Waals surface area contributed by atoms with Crippen LogP contribution in [-0.4, -0.2) is 15.9 Å². The van der Waals surface area contributed by atoms with Gasteiger partial charge in [-0.3, -0.25) is 9.78 Å². The van der Waals surface area contributed by atoms with Gasteiger partial charge in [0.1, 0.15) is 0 Å². The van der Waals surface area contributed by atoms with Crippen LogP contribution in [0.1, 0.15) is 26.7 Å². The van der Waals surface area contributed by atoms with Crippen molar-refractivity contribution in [1.82, 2.24) is 9.97 Å². The molecule has 1 heterocycles. The fraction of sp³-hybridized carbons (Fsp3) is 0.500. The Morgan fingerprint density at radius 3 is 2.86 bits per heavy atom. The van der Waals surface area contributed by atoms with Gasteiger partial charge in [0.25, 0.3) is 0 Å². The summed E-state index contributed by atoms with van der Waals surface area (Å²) in [7, 11) is 0. The standard InChI is InChI=1S/C10H15N3O/c1-8(2)3-4-10(14)13-9-7-11-5-6-12-9/h5-8H,3-4H2,1-2H3,(H,12,13,14). The zero-order chi connectivity index (χ0) is 10.4. The first-order valence-electron chi connectivity index (χ1n) is 4.74. The summed E-state index contributed by atoms with van der Waals surface area (Å²) in [6.45, 7) is 4.19. The zero-order valence-corrected chi connectivity index (χ0v) is 8.53. The summed E-state index contributed by atoms with van der Waals surface area (Å²) in [5, 5.41) is 2.68. The summed E-state index contributed by atoms with van der Waals surface area (Å²) in [6.07, 6.45) is 6.09. The highest BCUT2D eigenvalue weighted by Crippen LogP contribution is 2.05. The molecule has 0 unspecified atom stereocenters. The Bertz CT molecular complexity index is 285. The quantitative estimate of drug-likeness (QED) is 0.794. The average molecular weight is 193 g/mol. The van der Waals surface area contributed by atoms with Crippen LogP contribution in [0.2, 0.25) is 0 Å². The van der Waals surface area contributed by atoms with Crippen LogP contribution in [0.15, 0.2) is 18.6 Å². The molecule has 4 heteroatoms. The summed E-state index contributed by atoms with van der Waals surface area (Å²) in [5.74, 6) is 1.06. The fourth-order valence-corrected chi connectivity index (χ4v) is 0.989. The molecule has 0 aromatic carbocycles. The van der Waals surface area contributed by atoms with Gasteiger partial charge < -0.3 is 5.32 Å². The molecule has 0 radical (unpaired) electrons. The van der Waals surface area contributed by atoms with Crippen molar-refractivity contribution in [1.29, 1.82) is 0 Å². The molecule has 1 aromatic heterocycles. The van der Waals surface area contributed by atoms with Crippen molar-refractivity contribution >= 4 is 11.7 Å². The van der Waals surface area contributed by atoms with E-state index in [-0.39, 0.29) is 5.91 Å². The molecule has 1 amide bonds. The smallest absolute Gasteiger partial charge is 0.225 e. The second-order valence-electron chi connectivity index (χ2n) is 3.57. The molecular formula is C10H15N3O. The third kappa shape index (κ3) is 3.98. The van der Waals surface area contributed by atoms with Crippen LogP contribution >= 0.6 is 0 Å². The maximum Gasteiger partial charge on any atom is 0.225 e. The van der Waals surface area contributed by atoms with Crippen LogP contribution in [0.3, 0.4) is 0 Å². The van der Waals surface area contributed by atoms with Gasteiger partial charge in [-0.05, 0) is 12.3 Å². The lowest BCUT2D eigenvalue weighted by Crippen LogP contribution is -2.13. The van der Waals surface area contributed by atoms with E-state index in [9.17, 15) is 4.79 Å². The third-order valence-corrected chi connectivity index (χ3v) is 1.78. The van der Waals surface area contributed by atoms with E-state index >= 15 is 0 Å². The average Bonchev–Trinajstić information content (AvgIpc) is 2.16. The summed E-state index contributed by atoms with van der Waals surface area (Å²) >= 11 is 0. The Balaban J connectivity index is 2.35. The van der Waals surface area contributed by atoms with E-state index in [0.717, 1.165) is 6.42 Å². The lowest BCUT2D eigenvalue weighted by molar-refractivity contribution is -0.116. The minimum absolute atomic E-state index is 0.000741. The molecular weight excluding hydrogens is 178 g/mol. The van der Waals surface area contributed by atoms with Crippen molar-refractivity contribution in [2.45, 2.75) is 26.7 Å². The summed E-state index contributed by atoms with van der Waals surface area (Å²) in [5.41, 5.74) is 0. The van der Waals surface area contributed by atoms with E-state index < -0.39 is 0 Å². The van der Waals surface area contributed by atoms with Crippen LogP contribution < -0.4 is 5.32 Å². The number of hydrogen-bond donors (Lipinski definition) is 1. The Morgan fingerprint density at radius 1 is 1.50 bits per heavy atom. The summed E-state index contributed by atoms with van der Waals surface area (Å²) in [6, 6.07) is 0. The number of aromatic nitrogens is 2. The van der Waals surface area contributed by atoms with E-state index in [1.54, 1.807) is 12.4 Å². The van der Waals surface area contributed by atoms with Gasteiger partial charge in [-0.25, -0.2) is 4.98 Å². The van der Waals surface area contributed by atoms with Gasteiger partial charge >= 0.3 is 0 Å². The number of nitrogens with zero attached hydrogens (tertiary/aromatic N) is 2. The first-order valence-corrected chi connectivity index (χ1v) is 4.74. The van der Waals surface area contributed by atoms with Crippen molar-refractivity contribution in [2.75, 3.05) is 5.32 Å². The molecule has 0 aliphatic carbocycles. The van der Waals surface area contributed by atoms with Crippen molar-refractivity contribution in [2.24, 2.45) is 5.92 Å². The molecule has 0 bridgehead atoms. The largest absolute Gasteiger partial charge is 0.309 e. The molecule has 1 rings (SSSR count). The highest BCUT2D eigenvalue weighted by atomic mass is 16.1. The maximum atomic E-state index is 11.3. The van der Waals surface area contributed by atoms with Gasteiger partial charge in [0.15, 0.2) is 5.82 Å². The molecule has 0 spiro atoms. The molecule has 4 nitrogen and oxygen atoms in total. The second kappa shape index (κ2) is 5.32. The normalized spacial score (nSPS) is 10.2. The van der Waals surface area contributed by atoms with Gasteiger partial charge in [0.05, 0.1) is 6.20 Å². The summed E-state index contributed by atoms with van der Waals surface area (Å²) < 4.78 is 0. The number of rotatable bonds is 4. The number of nitrogens with one attached hydrogen (secondary N) is 1. The van der Waals surface area contributed by atoms with Gasteiger partial charge in [0, 0.05) is 18.8 Å². The number of carbonyl (C=O) groups is 1. The minimum atomic E-state index is -0.000741. The molecule has 14 heavy (non-hydrogen) atoms. The van der Waals surface area contributed by atoms with Crippen LogP contribution in [0.25, 0.3) is 0 Å². The maximum absolute atomic E-state index is 11.3.